The van der Waals surface area contributed by atoms with Gasteiger partial charge in [-0.2, -0.15) is 0 Å². The van der Waals surface area contributed by atoms with Crippen LogP contribution >= 0.6 is 0 Å². The third-order valence-electron chi connectivity index (χ3n) is 14.1. The fraction of sp³-hybridized carbons (Fsp3) is 0.469. The molecule has 9 rings (SSSR count). The number of imidazole rings is 2. The zero-order chi connectivity index (χ0) is 45.2. The van der Waals surface area contributed by atoms with Crippen LogP contribution in [0.4, 0.5) is 9.59 Å². The summed E-state index contributed by atoms with van der Waals surface area (Å²) in [6, 6.07) is 18.8. The second-order valence-corrected chi connectivity index (χ2v) is 18.0. The molecular formula is C49H58N8O8. The Bertz CT molecular complexity index is 2510. The van der Waals surface area contributed by atoms with Crippen LogP contribution in [0.1, 0.15) is 88.9 Å². The normalized spacial score (nSPS) is 22.8. The molecule has 4 aliphatic rings. The Hall–Kier alpha value is -6.26. The largest absolute Gasteiger partial charge is 0.465 e. The van der Waals surface area contributed by atoms with Crippen molar-refractivity contribution < 1.29 is 38.5 Å². The molecule has 6 heterocycles. The van der Waals surface area contributed by atoms with Gasteiger partial charge in [0, 0.05) is 62.0 Å². The van der Waals surface area contributed by atoms with Gasteiger partial charge in [0.2, 0.25) is 11.8 Å². The number of aromatic amines is 2. The van der Waals surface area contributed by atoms with Crippen LogP contribution in [0.3, 0.4) is 0 Å². The first-order chi connectivity index (χ1) is 31.6. The minimum atomic E-state index is -1.20. The number of likely N-dealkylation sites (tertiary alicyclic amines) is 2. The molecule has 5 aromatic rings. The molecule has 342 valence electrons. The summed E-state index contributed by atoms with van der Waals surface area (Å²) >= 11 is 0. The van der Waals surface area contributed by atoms with Crippen LogP contribution in [0.5, 0.6) is 0 Å². The quantitative estimate of drug-likeness (QED) is 0.0879. The van der Waals surface area contributed by atoms with Crippen LogP contribution in [0.15, 0.2) is 73.1 Å². The Kier molecular flexibility index (Phi) is 12.9. The number of amides is 4. The third-order valence-corrected chi connectivity index (χ3v) is 14.1. The molecule has 2 aromatic heterocycles. The van der Waals surface area contributed by atoms with Crippen LogP contribution in [0.2, 0.25) is 0 Å². The highest BCUT2D eigenvalue weighted by atomic mass is 16.5. The molecule has 2 unspecified atom stereocenters. The number of carbonyl (C=O) groups excluding carboxylic acids is 3. The summed E-state index contributed by atoms with van der Waals surface area (Å²) in [5.41, 5.74) is 5.60. The van der Waals surface area contributed by atoms with E-state index in [-0.39, 0.29) is 47.8 Å². The average molecular weight is 887 g/mol. The lowest BCUT2D eigenvalue weighted by Crippen LogP contribution is -2.54. The second-order valence-electron chi connectivity index (χ2n) is 18.0. The number of nitrogens with one attached hydrogen (secondary N) is 4. The number of hydrogen-bond donors (Lipinski definition) is 5. The molecule has 0 saturated carbocycles. The number of ether oxygens (including phenoxy) is 3. The first-order valence-corrected chi connectivity index (χ1v) is 23.0. The maximum atomic E-state index is 14.2. The number of alkyl carbamates (subject to hydrolysis) is 1. The predicted molar refractivity (Wildman–Crippen MR) is 242 cm³/mol. The van der Waals surface area contributed by atoms with Gasteiger partial charge in [0.05, 0.1) is 30.6 Å². The van der Waals surface area contributed by atoms with Crippen LogP contribution in [-0.2, 0) is 23.8 Å². The van der Waals surface area contributed by atoms with Crippen molar-refractivity contribution in [1.82, 2.24) is 40.4 Å². The number of fused-ring (bicyclic) bond motifs is 1. The topological polar surface area (TPSA) is 204 Å². The molecule has 3 aromatic carbocycles. The highest BCUT2D eigenvalue weighted by molar-refractivity contribution is 5.91. The van der Waals surface area contributed by atoms with Gasteiger partial charge in [0.1, 0.15) is 23.7 Å². The number of aromatic nitrogens is 4. The summed E-state index contributed by atoms with van der Waals surface area (Å²) in [7, 11) is 1.31. The van der Waals surface area contributed by atoms with Crippen molar-refractivity contribution >= 4 is 34.8 Å². The van der Waals surface area contributed by atoms with Crippen molar-refractivity contribution in [2.24, 2.45) is 11.8 Å². The summed E-state index contributed by atoms with van der Waals surface area (Å²) in [6.07, 6.45) is 7.69. The molecule has 0 radical (unpaired) electrons. The number of carboxylic acid groups (broad SMARTS) is 1. The number of nitrogens with zero attached hydrogens (tertiary/aromatic N) is 4. The zero-order valence-electron chi connectivity index (χ0n) is 37.1. The molecule has 0 aliphatic carbocycles. The lowest BCUT2D eigenvalue weighted by molar-refractivity contribution is -0.139. The van der Waals surface area contributed by atoms with E-state index < -0.39 is 24.3 Å². The Labute approximate surface area is 377 Å². The smallest absolute Gasteiger partial charge is 0.407 e. The van der Waals surface area contributed by atoms with Gasteiger partial charge in [-0.25, -0.2) is 19.6 Å². The van der Waals surface area contributed by atoms with Gasteiger partial charge in [-0.05, 0) is 111 Å². The molecule has 4 fully saturated rings. The van der Waals surface area contributed by atoms with Crippen LogP contribution in [-0.4, -0.2) is 117 Å². The maximum Gasteiger partial charge on any atom is 0.407 e. The van der Waals surface area contributed by atoms with Crippen molar-refractivity contribution in [2.75, 3.05) is 33.5 Å². The number of methoxy groups -OCH3 is 1. The van der Waals surface area contributed by atoms with Gasteiger partial charge in [-0.1, -0.05) is 48.5 Å². The van der Waals surface area contributed by atoms with E-state index in [1.165, 1.54) is 7.11 Å². The lowest BCUT2D eigenvalue weighted by Gasteiger charge is -2.36. The van der Waals surface area contributed by atoms with E-state index in [2.05, 4.69) is 81.3 Å². The number of rotatable bonds is 11. The zero-order valence-corrected chi connectivity index (χ0v) is 37.1. The molecule has 16 nitrogen and oxygen atoms in total. The van der Waals surface area contributed by atoms with E-state index in [9.17, 15) is 24.3 Å². The minimum absolute atomic E-state index is 0.0180. The Morgan fingerprint density at radius 1 is 0.631 bits per heavy atom. The molecule has 0 bridgehead atoms. The number of H-pyrrole nitrogens is 2. The summed E-state index contributed by atoms with van der Waals surface area (Å²) in [5.74, 6) is 0.923. The first kappa shape index (κ1) is 44.0. The monoisotopic (exact) mass is 886 g/mol. The van der Waals surface area contributed by atoms with Gasteiger partial charge in [0.15, 0.2) is 0 Å². The minimum Gasteiger partial charge on any atom is -0.465 e. The van der Waals surface area contributed by atoms with E-state index in [1.54, 1.807) is 0 Å². The third kappa shape index (κ3) is 9.19. The van der Waals surface area contributed by atoms with E-state index in [0.717, 1.165) is 75.9 Å². The highest BCUT2D eigenvalue weighted by Crippen LogP contribution is 2.40. The van der Waals surface area contributed by atoms with Crippen LogP contribution in [0, 0.1) is 11.8 Å². The summed E-state index contributed by atoms with van der Waals surface area (Å²) < 4.78 is 15.9. The molecule has 6 atom stereocenters. The predicted octanol–water partition coefficient (Wildman–Crippen LogP) is 7.61. The van der Waals surface area contributed by atoms with Crippen molar-refractivity contribution in [1.29, 1.82) is 0 Å². The van der Waals surface area contributed by atoms with Crippen molar-refractivity contribution in [2.45, 2.75) is 101 Å². The van der Waals surface area contributed by atoms with E-state index in [4.69, 9.17) is 24.2 Å². The number of benzene rings is 3. The SMILES string of the molecule is COC(=O)NC(C(=O)N1[C@H](C)CC[C@H]1c1nc(-c2ccc3cc(-c4ccc(-c5c[nH]c([C@@H]6CC[C@@H](C)N6C(=O)C(NC(=O)O)C6CCOCC6)n5)cc4)ccc3c2)c[nH]1)C1CCOCC1. The standard InChI is InChI=1S/C49H58N8O8/c1-28-4-14-40(56(28)46(58)42(54-48(60)61)32-16-20-64-21-17-32)44-50-26-38(52-44)31-8-6-30(7-9-31)34-10-11-36-25-37(13-12-35(36)24-34)39-27-51-45(53-39)41-15-5-29(2)57(41)47(59)43(55-49(62)63-3)33-18-22-65-23-19-33/h6-13,24-29,32-33,40-43,54H,4-5,14-23H2,1-3H3,(H,50,52)(H,51,53)(H,55,62)(H,60,61)/t28-,29-,40+,41+,42?,43?/m1/s1. The van der Waals surface area contributed by atoms with Gasteiger partial charge >= 0.3 is 12.2 Å². The maximum absolute atomic E-state index is 14.2. The van der Waals surface area contributed by atoms with Crippen LogP contribution < -0.4 is 10.6 Å². The van der Waals surface area contributed by atoms with Crippen LogP contribution in [0.25, 0.3) is 44.4 Å². The first-order valence-electron chi connectivity index (χ1n) is 23.0. The van der Waals surface area contributed by atoms with Gasteiger partial charge in [0.25, 0.3) is 0 Å². The van der Waals surface area contributed by atoms with Crippen molar-refractivity contribution in [3.05, 3.63) is 84.7 Å². The summed E-state index contributed by atoms with van der Waals surface area (Å²) in [5, 5.41) is 17.2. The Morgan fingerprint density at radius 3 is 1.58 bits per heavy atom. The lowest BCUT2D eigenvalue weighted by atomic mass is 9.90. The van der Waals surface area contributed by atoms with Gasteiger partial charge in [-0.3, -0.25) is 9.59 Å². The molecule has 4 aliphatic heterocycles. The van der Waals surface area contributed by atoms with E-state index in [1.807, 2.05) is 36.0 Å². The Balaban J connectivity index is 0.877. The molecular weight excluding hydrogens is 829 g/mol. The summed E-state index contributed by atoms with van der Waals surface area (Å²) in [6.45, 7) is 6.19. The number of hydrogen-bond acceptors (Lipinski definition) is 9. The summed E-state index contributed by atoms with van der Waals surface area (Å²) in [4.78, 5) is 72.8. The van der Waals surface area contributed by atoms with Crippen molar-refractivity contribution in [3.8, 4) is 33.6 Å². The molecule has 4 saturated heterocycles. The van der Waals surface area contributed by atoms with Gasteiger partial charge < -0.3 is 49.7 Å². The molecule has 4 amide bonds. The Morgan fingerprint density at radius 2 is 1.08 bits per heavy atom. The molecule has 16 heteroatoms. The van der Waals surface area contributed by atoms with E-state index in [0.29, 0.717) is 57.9 Å². The van der Waals surface area contributed by atoms with Crippen molar-refractivity contribution in [3.63, 3.8) is 0 Å². The fourth-order valence-electron chi connectivity index (χ4n) is 10.5. The second kappa shape index (κ2) is 19.1. The van der Waals surface area contributed by atoms with Gasteiger partial charge in [-0.15, -0.1) is 0 Å². The number of carbonyl (C=O) groups is 4. The van der Waals surface area contributed by atoms with E-state index >= 15 is 0 Å². The average Bonchev–Trinajstić information content (AvgIpc) is 4.17. The highest BCUT2D eigenvalue weighted by Gasteiger charge is 2.44. The molecule has 5 N–H and O–H groups in total. The molecule has 0 spiro atoms. The fourth-order valence-corrected chi connectivity index (χ4v) is 10.5. The molecule has 65 heavy (non-hydrogen) atoms.